The molecular formula is C13H15N3O. The number of aryl methyl sites for hydroxylation is 1. The molecule has 0 saturated heterocycles. The van der Waals surface area contributed by atoms with E-state index in [1.807, 2.05) is 25.1 Å². The van der Waals surface area contributed by atoms with Crippen LogP contribution in [0.1, 0.15) is 11.1 Å². The van der Waals surface area contributed by atoms with Gasteiger partial charge in [0, 0.05) is 12.1 Å². The summed E-state index contributed by atoms with van der Waals surface area (Å²) in [4.78, 5) is 8.36. The van der Waals surface area contributed by atoms with Gasteiger partial charge >= 0.3 is 0 Å². The number of hydrogen-bond acceptors (Lipinski definition) is 4. The Morgan fingerprint density at radius 2 is 2.12 bits per heavy atom. The molecule has 17 heavy (non-hydrogen) atoms. The molecule has 0 aliphatic rings. The van der Waals surface area contributed by atoms with Crippen molar-refractivity contribution in [2.75, 3.05) is 7.11 Å². The van der Waals surface area contributed by atoms with Crippen LogP contribution < -0.4 is 10.5 Å². The quantitative estimate of drug-likeness (QED) is 0.873. The lowest BCUT2D eigenvalue weighted by Crippen LogP contribution is -2.05. The lowest BCUT2D eigenvalue weighted by atomic mass is 10.0. The van der Waals surface area contributed by atoms with Crippen LogP contribution in [-0.2, 0) is 6.54 Å². The summed E-state index contributed by atoms with van der Waals surface area (Å²) in [6.45, 7) is 2.40. The molecule has 4 heteroatoms. The summed E-state index contributed by atoms with van der Waals surface area (Å²) in [5.41, 5.74) is 9.63. The molecular weight excluding hydrogens is 214 g/mol. The predicted octanol–water partition coefficient (Wildman–Crippen LogP) is 1.92. The zero-order valence-corrected chi connectivity index (χ0v) is 9.97. The lowest BCUT2D eigenvalue weighted by Gasteiger charge is -2.10. The van der Waals surface area contributed by atoms with Crippen molar-refractivity contribution >= 4 is 0 Å². The largest absolute Gasteiger partial charge is 0.481 e. The number of hydrogen-bond donors (Lipinski definition) is 1. The molecule has 4 nitrogen and oxygen atoms in total. The molecule has 0 aliphatic carbocycles. The molecule has 0 saturated carbocycles. The topological polar surface area (TPSA) is 61.0 Å². The minimum Gasteiger partial charge on any atom is -0.481 e. The second-order valence-corrected chi connectivity index (χ2v) is 3.78. The van der Waals surface area contributed by atoms with Crippen molar-refractivity contribution in [3.8, 4) is 17.1 Å². The number of rotatable bonds is 3. The molecule has 1 aromatic heterocycles. The van der Waals surface area contributed by atoms with E-state index in [2.05, 4.69) is 16.0 Å². The third-order valence-electron chi connectivity index (χ3n) is 2.59. The van der Waals surface area contributed by atoms with Gasteiger partial charge in [-0.15, -0.1) is 0 Å². The lowest BCUT2D eigenvalue weighted by molar-refractivity contribution is 0.392. The number of methoxy groups -OCH3 is 1. The summed E-state index contributed by atoms with van der Waals surface area (Å²) < 4.78 is 5.20. The first-order valence-electron chi connectivity index (χ1n) is 5.41. The summed E-state index contributed by atoms with van der Waals surface area (Å²) in [5.74, 6) is 0.541. The zero-order valence-electron chi connectivity index (χ0n) is 9.97. The molecule has 0 aliphatic heterocycles. The predicted molar refractivity (Wildman–Crippen MR) is 66.6 cm³/mol. The maximum Gasteiger partial charge on any atom is 0.221 e. The Labute approximate surface area is 100 Å². The van der Waals surface area contributed by atoms with Gasteiger partial charge in [0.2, 0.25) is 5.88 Å². The first-order chi connectivity index (χ1) is 8.26. The number of nitrogens with two attached hydrogens (primary N) is 1. The molecule has 0 radical (unpaired) electrons. The van der Waals surface area contributed by atoms with Crippen LogP contribution >= 0.6 is 0 Å². The van der Waals surface area contributed by atoms with Gasteiger partial charge in [0.05, 0.1) is 18.4 Å². The SMILES string of the molecule is COc1ncnc(-c2cccc(C)c2)c1CN. The summed E-state index contributed by atoms with van der Waals surface area (Å²) in [5, 5.41) is 0. The van der Waals surface area contributed by atoms with Crippen LogP contribution in [0, 0.1) is 6.92 Å². The molecule has 0 amide bonds. The van der Waals surface area contributed by atoms with Gasteiger partial charge in [0.25, 0.3) is 0 Å². The van der Waals surface area contributed by atoms with Crippen LogP contribution in [0.3, 0.4) is 0 Å². The minimum absolute atomic E-state index is 0.354. The van der Waals surface area contributed by atoms with Crippen molar-refractivity contribution in [2.24, 2.45) is 5.73 Å². The Morgan fingerprint density at radius 1 is 1.29 bits per heavy atom. The van der Waals surface area contributed by atoms with Crippen molar-refractivity contribution in [3.05, 3.63) is 41.7 Å². The van der Waals surface area contributed by atoms with E-state index in [1.54, 1.807) is 7.11 Å². The van der Waals surface area contributed by atoms with E-state index in [0.29, 0.717) is 12.4 Å². The van der Waals surface area contributed by atoms with Gasteiger partial charge in [0.1, 0.15) is 6.33 Å². The molecule has 0 bridgehead atoms. The Bertz CT molecular complexity index is 526. The summed E-state index contributed by atoms with van der Waals surface area (Å²) in [6, 6.07) is 8.12. The van der Waals surface area contributed by atoms with Crippen LogP contribution in [0.4, 0.5) is 0 Å². The van der Waals surface area contributed by atoms with Gasteiger partial charge in [-0.3, -0.25) is 0 Å². The summed E-state index contributed by atoms with van der Waals surface area (Å²) in [6.07, 6.45) is 1.50. The molecule has 0 spiro atoms. The van der Waals surface area contributed by atoms with Crippen molar-refractivity contribution in [3.63, 3.8) is 0 Å². The van der Waals surface area contributed by atoms with Crippen LogP contribution in [0.25, 0.3) is 11.3 Å². The van der Waals surface area contributed by atoms with Crippen molar-refractivity contribution in [2.45, 2.75) is 13.5 Å². The van der Waals surface area contributed by atoms with E-state index in [9.17, 15) is 0 Å². The fourth-order valence-corrected chi connectivity index (χ4v) is 1.80. The maximum absolute atomic E-state index is 5.74. The van der Waals surface area contributed by atoms with Crippen LogP contribution in [-0.4, -0.2) is 17.1 Å². The van der Waals surface area contributed by atoms with Gasteiger partial charge in [-0.25, -0.2) is 9.97 Å². The standard InChI is InChI=1S/C13H15N3O/c1-9-4-3-5-10(6-9)12-11(7-14)13(17-2)16-8-15-12/h3-6,8H,7,14H2,1-2H3. The minimum atomic E-state index is 0.354. The summed E-state index contributed by atoms with van der Waals surface area (Å²) >= 11 is 0. The molecule has 2 N–H and O–H groups in total. The van der Waals surface area contributed by atoms with E-state index in [1.165, 1.54) is 11.9 Å². The molecule has 0 atom stereocenters. The number of nitrogens with zero attached hydrogens (tertiary/aromatic N) is 2. The van der Waals surface area contributed by atoms with E-state index in [4.69, 9.17) is 10.5 Å². The number of aromatic nitrogens is 2. The fourth-order valence-electron chi connectivity index (χ4n) is 1.80. The second kappa shape index (κ2) is 4.93. The average molecular weight is 229 g/mol. The van der Waals surface area contributed by atoms with Crippen molar-refractivity contribution in [1.29, 1.82) is 0 Å². The van der Waals surface area contributed by atoms with Crippen LogP contribution in [0.2, 0.25) is 0 Å². The van der Waals surface area contributed by atoms with E-state index in [-0.39, 0.29) is 0 Å². The van der Waals surface area contributed by atoms with E-state index in [0.717, 1.165) is 16.8 Å². The third-order valence-corrected chi connectivity index (χ3v) is 2.59. The number of benzene rings is 1. The van der Waals surface area contributed by atoms with Crippen molar-refractivity contribution < 1.29 is 4.74 Å². The third kappa shape index (κ3) is 2.26. The normalized spacial score (nSPS) is 10.3. The molecule has 88 valence electrons. The van der Waals surface area contributed by atoms with Gasteiger partial charge in [-0.2, -0.15) is 0 Å². The van der Waals surface area contributed by atoms with E-state index < -0.39 is 0 Å². The Morgan fingerprint density at radius 3 is 2.76 bits per heavy atom. The first-order valence-corrected chi connectivity index (χ1v) is 5.41. The van der Waals surface area contributed by atoms with Gasteiger partial charge < -0.3 is 10.5 Å². The van der Waals surface area contributed by atoms with Crippen LogP contribution in [0.5, 0.6) is 5.88 Å². The molecule has 2 rings (SSSR count). The maximum atomic E-state index is 5.74. The Balaban J connectivity index is 2.59. The molecule has 0 unspecified atom stereocenters. The zero-order chi connectivity index (χ0) is 12.3. The summed E-state index contributed by atoms with van der Waals surface area (Å²) in [7, 11) is 1.58. The Kier molecular flexibility index (Phi) is 3.35. The Hall–Kier alpha value is -1.94. The van der Waals surface area contributed by atoms with Gasteiger partial charge in [0.15, 0.2) is 0 Å². The molecule has 1 heterocycles. The number of ether oxygens (including phenoxy) is 1. The van der Waals surface area contributed by atoms with Gasteiger partial charge in [-0.1, -0.05) is 23.8 Å². The van der Waals surface area contributed by atoms with Crippen molar-refractivity contribution in [1.82, 2.24) is 9.97 Å². The monoisotopic (exact) mass is 229 g/mol. The highest BCUT2D eigenvalue weighted by Gasteiger charge is 2.11. The highest BCUT2D eigenvalue weighted by atomic mass is 16.5. The van der Waals surface area contributed by atoms with E-state index >= 15 is 0 Å². The second-order valence-electron chi connectivity index (χ2n) is 3.78. The fraction of sp³-hybridized carbons (Fsp3) is 0.231. The smallest absolute Gasteiger partial charge is 0.221 e. The molecule has 2 aromatic rings. The van der Waals surface area contributed by atoms with Gasteiger partial charge in [-0.05, 0) is 13.0 Å². The highest BCUT2D eigenvalue weighted by molar-refractivity contribution is 5.65. The van der Waals surface area contributed by atoms with Crippen LogP contribution in [0.15, 0.2) is 30.6 Å². The average Bonchev–Trinajstić information content (AvgIpc) is 2.37. The highest BCUT2D eigenvalue weighted by Crippen LogP contribution is 2.26. The molecule has 0 fully saturated rings. The molecule has 1 aromatic carbocycles. The first kappa shape index (κ1) is 11.5.